The lowest BCUT2D eigenvalue weighted by Gasteiger charge is -2.34. The smallest absolute Gasteiger partial charge is 0.276 e. The maximum atomic E-state index is 12.4. The molecule has 0 aromatic heterocycles. The summed E-state index contributed by atoms with van der Waals surface area (Å²) in [5.41, 5.74) is -0.809. The Balaban J connectivity index is 2.10. The lowest BCUT2D eigenvalue weighted by molar-refractivity contribution is -0.140. The summed E-state index contributed by atoms with van der Waals surface area (Å²) in [5.74, 6) is -1.10. The average molecular weight is 282 g/mol. The number of fused-ring (bicyclic) bond motifs is 1. The highest BCUT2D eigenvalue weighted by Crippen LogP contribution is 2.29. The van der Waals surface area contributed by atoms with Crippen LogP contribution in [-0.4, -0.2) is 17.8 Å². The molecule has 2 aromatic carbocycles. The lowest BCUT2D eigenvalue weighted by atomic mass is 9.88. The molecular weight excluding hydrogens is 268 g/mol. The van der Waals surface area contributed by atoms with Crippen LogP contribution in [0.15, 0.2) is 42.5 Å². The van der Waals surface area contributed by atoms with E-state index in [0.29, 0.717) is 5.69 Å². The summed E-state index contributed by atoms with van der Waals surface area (Å²) in [5, 5.41) is 4.16. The lowest BCUT2D eigenvalue weighted by Crippen LogP contribution is -2.62. The number of carbonyl (C=O) groups excluding carboxylic acids is 3. The number of imide groups is 2. The maximum Gasteiger partial charge on any atom is 0.335 e. The van der Waals surface area contributed by atoms with Crippen LogP contribution in [0.2, 0.25) is 0 Å². The zero-order valence-electron chi connectivity index (χ0n) is 11.7. The van der Waals surface area contributed by atoms with Crippen LogP contribution in [0.4, 0.5) is 10.5 Å². The number of urea groups is 1. The van der Waals surface area contributed by atoms with Crippen LogP contribution in [0.3, 0.4) is 0 Å². The van der Waals surface area contributed by atoms with Gasteiger partial charge in [0.25, 0.3) is 0 Å². The second-order valence-electron chi connectivity index (χ2n) is 5.56. The second-order valence-corrected chi connectivity index (χ2v) is 5.56. The predicted molar refractivity (Wildman–Crippen MR) is 78.8 cm³/mol. The third-order valence-electron chi connectivity index (χ3n) is 3.72. The molecule has 0 atom stereocenters. The van der Waals surface area contributed by atoms with Crippen molar-refractivity contribution in [3.8, 4) is 0 Å². The molecule has 0 spiro atoms. The summed E-state index contributed by atoms with van der Waals surface area (Å²) >= 11 is 0. The SMILES string of the molecule is CC1(C)C(=O)NC(=O)N(c2ccc3ccccc3c2)C1=O. The first-order valence-electron chi connectivity index (χ1n) is 6.60. The average Bonchev–Trinajstić information content (AvgIpc) is 2.45. The third kappa shape index (κ3) is 1.98. The Bertz CT molecular complexity index is 780. The van der Waals surface area contributed by atoms with Gasteiger partial charge in [0.2, 0.25) is 11.8 Å². The van der Waals surface area contributed by atoms with Crippen LogP contribution in [0.5, 0.6) is 0 Å². The standard InChI is InChI=1S/C16H14N2O3/c1-16(2)13(19)17-15(21)18(14(16)20)12-8-7-10-5-3-4-6-11(10)9-12/h3-9H,1-2H3,(H,17,19,21). The van der Waals surface area contributed by atoms with Crippen molar-refractivity contribution in [1.29, 1.82) is 0 Å². The van der Waals surface area contributed by atoms with Gasteiger partial charge in [0.15, 0.2) is 0 Å². The maximum absolute atomic E-state index is 12.4. The van der Waals surface area contributed by atoms with Gasteiger partial charge in [-0.15, -0.1) is 0 Å². The van der Waals surface area contributed by atoms with Crippen LogP contribution < -0.4 is 10.2 Å². The van der Waals surface area contributed by atoms with E-state index in [4.69, 9.17) is 0 Å². The van der Waals surface area contributed by atoms with Crippen LogP contribution in [0, 0.1) is 5.41 Å². The number of hydrogen-bond donors (Lipinski definition) is 1. The first kappa shape index (κ1) is 13.3. The van der Waals surface area contributed by atoms with E-state index in [9.17, 15) is 14.4 Å². The summed E-state index contributed by atoms with van der Waals surface area (Å²) in [7, 11) is 0. The summed E-state index contributed by atoms with van der Waals surface area (Å²) < 4.78 is 0. The molecule has 106 valence electrons. The predicted octanol–water partition coefficient (Wildman–Crippen LogP) is 2.45. The fourth-order valence-corrected chi connectivity index (χ4v) is 2.33. The number of rotatable bonds is 1. The van der Waals surface area contributed by atoms with Gasteiger partial charge in [0, 0.05) is 0 Å². The van der Waals surface area contributed by atoms with Crippen molar-refractivity contribution in [2.24, 2.45) is 5.41 Å². The highest BCUT2D eigenvalue weighted by Gasteiger charge is 2.47. The largest absolute Gasteiger partial charge is 0.335 e. The van der Waals surface area contributed by atoms with Crippen molar-refractivity contribution in [3.63, 3.8) is 0 Å². The topological polar surface area (TPSA) is 66.5 Å². The van der Waals surface area contributed by atoms with E-state index in [1.54, 1.807) is 12.1 Å². The molecule has 1 aliphatic rings. The zero-order chi connectivity index (χ0) is 15.2. The van der Waals surface area contributed by atoms with Gasteiger partial charge in [-0.1, -0.05) is 30.3 Å². The van der Waals surface area contributed by atoms with Crippen LogP contribution in [-0.2, 0) is 9.59 Å². The molecule has 0 unspecified atom stereocenters. The molecule has 1 N–H and O–H groups in total. The number of nitrogens with zero attached hydrogens (tertiary/aromatic N) is 1. The van der Waals surface area contributed by atoms with Gasteiger partial charge in [-0.3, -0.25) is 14.9 Å². The first-order chi connectivity index (χ1) is 9.91. The Morgan fingerprint density at radius 1 is 0.952 bits per heavy atom. The minimum atomic E-state index is -1.26. The Hall–Kier alpha value is -2.69. The fraction of sp³-hybridized carbons (Fsp3) is 0.188. The van der Waals surface area contributed by atoms with E-state index in [1.807, 2.05) is 30.3 Å². The summed E-state index contributed by atoms with van der Waals surface area (Å²) in [4.78, 5) is 37.2. The monoisotopic (exact) mass is 282 g/mol. The first-order valence-corrected chi connectivity index (χ1v) is 6.60. The molecule has 0 bridgehead atoms. The fourth-order valence-electron chi connectivity index (χ4n) is 2.33. The van der Waals surface area contributed by atoms with Gasteiger partial charge < -0.3 is 0 Å². The molecule has 4 amide bonds. The number of carbonyl (C=O) groups is 3. The van der Waals surface area contributed by atoms with Crippen molar-refractivity contribution in [2.75, 3.05) is 4.90 Å². The number of nitrogens with one attached hydrogen (secondary N) is 1. The van der Waals surface area contributed by atoms with E-state index < -0.39 is 23.3 Å². The molecule has 21 heavy (non-hydrogen) atoms. The van der Waals surface area contributed by atoms with E-state index >= 15 is 0 Å². The molecule has 5 nitrogen and oxygen atoms in total. The van der Waals surface area contributed by atoms with E-state index in [0.717, 1.165) is 15.7 Å². The number of amides is 4. The van der Waals surface area contributed by atoms with Gasteiger partial charge in [-0.05, 0) is 36.8 Å². The van der Waals surface area contributed by atoms with Gasteiger partial charge in [0.05, 0.1) is 5.69 Å². The number of hydrogen-bond acceptors (Lipinski definition) is 3. The molecule has 2 aromatic rings. The minimum absolute atomic E-state index is 0.455. The molecular formula is C16H14N2O3. The van der Waals surface area contributed by atoms with Crippen molar-refractivity contribution >= 4 is 34.3 Å². The Morgan fingerprint density at radius 2 is 1.62 bits per heavy atom. The van der Waals surface area contributed by atoms with Crippen LogP contribution in [0.1, 0.15) is 13.8 Å². The quantitative estimate of drug-likeness (QED) is 0.817. The molecule has 3 rings (SSSR count). The van der Waals surface area contributed by atoms with Gasteiger partial charge in [-0.2, -0.15) is 0 Å². The summed E-state index contributed by atoms with van der Waals surface area (Å²) in [6.07, 6.45) is 0. The molecule has 1 heterocycles. The van der Waals surface area contributed by atoms with E-state index in [1.165, 1.54) is 13.8 Å². The normalized spacial score (nSPS) is 18.0. The third-order valence-corrected chi connectivity index (χ3v) is 3.72. The Kier molecular flexibility index (Phi) is 2.79. The second kappa shape index (κ2) is 4.41. The van der Waals surface area contributed by atoms with E-state index in [2.05, 4.69) is 5.32 Å². The number of benzene rings is 2. The van der Waals surface area contributed by atoms with Crippen LogP contribution >= 0.6 is 0 Å². The number of anilines is 1. The van der Waals surface area contributed by atoms with Gasteiger partial charge in [-0.25, -0.2) is 9.69 Å². The molecule has 0 radical (unpaired) electrons. The molecule has 0 aliphatic carbocycles. The molecule has 0 saturated carbocycles. The summed E-state index contributed by atoms with van der Waals surface area (Å²) in [6.45, 7) is 3.01. The van der Waals surface area contributed by atoms with Crippen molar-refractivity contribution in [2.45, 2.75) is 13.8 Å². The van der Waals surface area contributed by atoms with Crippen molar-refractivity contribution < 1.29 is 14.4 Å². The minimum Gasteiger partial charge on any atom is -0.276 e. The van der Waals surface area contributed by atoms with Gasteiger partial charge >= 0.3 is 6.03 Å². The molecule has 1 fully saturated rings. The Labute approximate surface area is 121 Å². The van der Waals surface area contributed by atoms with Crippen LogP contribution in [0.25, 0.3) is 10.8 Å². The zero-order valence-corrected chi connectivity index (χ0v) is 11.7. The molecule has 1 saturated heterocycles. The molecule has 1 aliphatic heterocycles. The molecule has 5 heteroatoms. The van der Waals surface area contributed by atoms with Crippen molar-refractivity contribution in [3.05, 3.63) is 42.5 Å². The highest BCUT2D eigenvalue weighted by atomic mass is 16.2. The van der Waals surface area contributed by atoms with Crippen molar-refractivity contribution in [1.82, 2.24) is 5.32 Å². The number of barbiturate groups is 1. The Morgan fingerprint density at radius 3 is 2.33 bits per heavy atom. The highest BCUT2D eigenvalue weighted by molar-refractivity contribution is 6.29. The van der Waals surface area contributed by atoms with E-state index in [-0.39, 0.29) is 0 Å². The summed E-state index contributed by atoms with van der Waals surface area (Å²) in [6, 6.07) is 12.3. The van der Waals surface area contributed by atoms with Gasteiger partial charge in [0.1, 0.15) is 5.41 Å².